The molecule has 1 aromatic rings. The molecule has 3 aliphatic rings. The van der Waals surface area contributed by atoms with E-state index in [2.05, 4.69) is 47.9 Å². The third kappa shape index (κ3) is 2.67. The van der Waals surface area contributed by atoms with E-state index in [0.717, 1.165) is 32.4 Å². The third-order valence-electron chi connectivity index (χ3n) is 6.61. The summed E-state index contributed by atoms with van der Waals surface area (Å²) in [4.78, 5) is 18.2. The molecule has 1 saturated carbocycles. The van der Waals surface area contributed by atoms with Crippen molar-refractivity contribution < 1.29 is 4.79 Å². The van der Waals surface area contributed by atoms with E-state index in [1.807, 2.05) is 6.07 Å². The summed E-state index contributed by atoms with van der Waals surface area (Å²) in [6.45, 7) is 6.59. The lowest BCUT2D eigenvalue weighted by Gasteiger charge is -2.42. The number of hydrogen-bond acceptors (Lipinski definition) is 2. The summed E-state index contributed by atoms with van der Waals surface area (Å²) in [6, 6.07) is 12.3. The van der Waals surface area contributed by atoms with Crippen LogP contribution < -0.4 is 0 Å². The lowest BCUT2D eigenvalue weighted by atomic mass is 9.92. The average molecular weight is 326 g/mol. The van der Waals surface area contributed by atoms with Crippen molar-refractivity contribution in [1.82, 2.24) is 9.80 Å². The highest BCUT2D eigenvalue weighted by atomic mass is 16.2. The Kier molecular flexibility index (Phi) is 4.16. The number of piperidine rings is 1. The molecular formula is C21H30N2O. The lowest BCUT2D eigenvalue weighted by Crippen LogP contribution is -2.54. The van der Waals surface area contributed by atoms with Crippen LogP contribution in [0.4, 0.5) is 0 Å². The second kappa shape index (κ2) is 6.18. The second-order valence-electron chi connectivity index (χ2n) is 8.22. The Morgan fingerprint density at radius 3 is 2.33 bits per heavy atom. The standard InChI is InChI=1S/C21H30N2O/c1-16-10-11-17(2)23(16)19-9-6-14-22(15-19)20(24)21(12-13-21)18-7-4-3-5-8-18/h3-5,7-8,16-17,19H,6,9-15H2,1-2H3. The van der Waals surface area contributed by atoms with Gasteiger partial charge in [-0.3, -0.25) is 9.69 Å². The van der Waals surface area contributed by atoms with E-state index in [9.17, 15) is 4.79 Å². The zero-order valence-corrected chi connectivity index (χ0v) is 15.1. The van der Waals surface area contributed by atoms with E-state index < -0.39 is 0 Å². The van der Waals surface area contributed by atoms with Crippen LogP contribution in [0.3, 0.4) is 0 Å². The van der Waals surface area contributed by atoms with Crippen molar-refractivity contribution in [2.45, 2.75) is 75.9 Å². The third-order valence-corrected chi connectivity index (χ3v) is 6.61. The van der Waals surface area contributed by atoms with Gasteiger partial charge in [0.25, 0.3) is 0 Å². The van der Waals surface area contributed by atoms with Crippen molar-refractivity contribution in [3.05, 3.63) is 35.9 Å². The summed E-state index contributed by atoms with van der Waals surface area (Å²) >= 11 is 0. The maximum Gasteiger partial charge on any atom is 0.233 e. The van der Waals surface area contributed by atoms with Gasteiger partial charge in [-0.25, -0.2) is 0 Å². The summed E-state index contributed by atoms with van der Waals surface area (Å²) in [6.07, 6.45) is 7.05. The molecule has 1 aromatic carbocycles. The maximum absolute atomic E-state index is 13.3. The zero-order chi connectivity index (χ0) is 16.7. The molecule has 0 aromatic heterocycles. The van der Waals surface area contributed by atoms with Gasteiger partial charge in [0.05, 0.1) is 5.41 Å². The molecule has 3 fully saturated rings. The van der Waals surface area contributed by atoms with Gasteiger partial charge in [-0.2, -0.15) is 0 Å². The fraction of sp³-hybridized carbons (Fsp3) is 0.667. The normalized spacial score (nSPS) is 32.8. The molecule has 4 rings (SSSR count). The smallest absolute Gasteiger partial charge is 0.233 e. The number of likely N-dealkylation sites (tertiary alicyclic amines) is 2. The van der Waals surface area contributed by atoms with Crippen molar-refractivity contribution in [3.63, 3.8) is 0 Å². The van der Waals surface area contributed by atoms with Gasteiger partial charge in [-0.15, -0.1) is 0 Å². The zero-order valence-electron chi connectivity index (χ0n) is 15.1. The molecule has 0 radical (unpaired) electrons. The number of carbonyl (C=O) groups excluding carboxylic acids is 1. The van der Waals surface area contributed by atoms with Crippen LogP contribution in [-0.2, 0) is 10.2 Å². The van der Waals surface area contributed by atoms with Crippen LogP contribution in [-0.4, -0.2) is 46.9 Å². The minimum atomic E-state index is -0.203. The first-order chi connectivity index (χ1) is 11.6. The molecule has 3 atom stereocenters. The Morgan fingerprint density at radius 1 is 1.04 bits per heavy atom. The van der Waals surface area contributed by atoms with Crippen LogP contribution in [0.25, 0.3) is 0 Å². The van der Waals surface area contributed by atoms with Crippen LogP contribution in [0.5, 0.6) is 0 Å². The van der Waals surface area contributed by atoms with Crippen LogP contribution in [0.2, 0.25) is 0 Å². The molecule has 0 N–H and O–H groups in total. The molecule has 2 heterocycles. The molecule has 1 amide bonds. The van der Waals surface area contributed by atoms with Crippen LogP contribution in [0.15, 0.2) is 30.3 Å². The molecule has 24 heavy (non-hydrogen) atoms. The monoisotopic (exact) mass is 326 g/mol. The highest BCUT2D eigenvalue weighted by Crippen LogP contribution is 2.50. The maximum atomic E-state index is 13.3. The summed E-state index contributed by atoms with van der Waals surface area (Å²) in [5.41, 5.74) is 1.02. The second-order valence-corrected chi connectivity index (χ2v) is 8.22. The van der Waals surface area contributed by atoms with E-state index in [-0.39, 0.29) is 5.41 Å². The topological polar surface area (TPSA) is 23.6 Å². The predicted molar refractivity (Wildman–Crippen MR) is 97.0 cm³/mol. The molecular weight excluding hydrogens is 296 g/mol. The number of hydrogen-bond donors (Lipinski definition) is 0. The molecule has 130 valence electrons. The number of carbonyl (C=O) groups is 1. The summed E-state index contributed by atoms with van der Waals surface area (Å²) < 4.78 is 0. The Balaban J connectivity index is 1.49. The lowest BCUT2D eigenvalue weighted by molar-refractivity contribution is -0.136. The summed E-state index contributed by atoms with van der Waals surface area (Å²) in [7, 11) is 0. The Hall–Kier alpha value is -1.35. The first-order valence-corrected chi connectivity index (χ1v) is 9.74. The number of amides is 1. The Bertz CT molecular complexity index is 585. The molecule has 0 bridgehead atoms. The highest BCUT2D eigenvalue weighted by Gasteiger charge is 2.53. The largest absolute Gasteiger partial charge is 0.340 e. The Morgan fingerprint density at radius 2 is 1.71 bits per heavy atom. The highest BCUT2D eigenvalue weighted by molar-refractivity contribution is 5.91. The first-order valence-electron chi connectivity index (χ1n) is 9.74. The fourth-order valence-corrected chi connectivity index (χ4v) is 5.13. The molecule has 3 nitrogen and oxygen atoms in total. The van der Waals surface area contributed by atoms with E-state index in [4.69, 9.17) is 0 Å². The quantitative estimate of drug-likeness (QED) is 0.847. The van der Waals surface area contributed by atoms with Crippen molar-refractivity contribution in [2.75, 3.05) is 13.1 Å². The minimum absolute atomic E-state index is 0.203. The molecule has 0 spiro atoms. The number of nitrogens with zero attached hydrogens (tertiary/aromatic N) is 2. The molecule has 1 aliphatic carbocycles. The summed E-state index contributed by atoms with van der Waals surface area (Å²) in [5.74, 6) is 0.387. The van der Waals surface area contributed by atoms with Crippen molar-refractivity contribution in [1.29, 1.82) is 0 Å². The van der Waals surface area contributed by atoms with Crippen LogP contribution in [0, 0.1) is 0 Å². The average Bonchev–Trinajstić information content (AvgIpc) is 3.36. The number of benzene rings is 1. The van der Waals surface area contributed by atoms with E-state index in [1.54, 1.807) is 0 Å². The predicted octanol–water partition coefficient (Wildman–Crippen LogP) is 3.58. The first kappa shape index (κ1) is 16.1. The van der Waals surface area contributed by atoms with Gasteiger partial charge in [-0.05, 0) is 57.9 Å². The number of rotatable bonds is 3. The molecule has 2 aliphatic heterocycles. The summed E-state index contributed by atoms with van der Waals surface area (Å²) in [5, 5.41) is 0. The van der Waals surface area contributed by atoms with Crippen LogP contribution in [0.1, 0.15) is 57.9 Å². The van der Waals surface area contributed by atoms with E-state index in [1.165, 1.54) is 24.8 Å². The Labute approximate surface area is 146 Å². The molecule has 3 heteroatoms. The SMILES string of the molecule is CC1CCC(C)N1C1CCCN(C(=O)C2(c3ccccc3)CC2)C1. The molecule has 3 unspecified atom stereocenters. The van der Waals surface area contributed by atoms with Crippen molar-refractivity contribution in [3.8, 4) is 0 Å². The fourth-order valence-electron chi connectivity index (χ4n) is 5.13. The van der Waals surface area contributed by atoms with Crippen molar-refractivity contribution >= 4 is 5.91 Å². The van der Waals surface area contributed by atoms with Gasteiger partial charge in [-0.1, -0.05) is 30.3 Å². The van der Waals surface area contributed by atoms with Gasteiger partial charge in [0.2, 0.25) is 5.91 Å². The van der Waals surface area contributed by atoms with Gasteiger partial charge in [0.15, 0.2) is 0 Å². The van der Waals surface area contributed by atoms with Gasteiger partial charge in [0, 0.05) is 31.2 Å². The van der Waals surface area contributed by atoms with Crippen LogP contribution >= 0.6 is 0 Å². The van der Waals surface area contributed by atoms with E-state index >= 15 is 0 Å². The molecule has 2 saturated heterocycles. The van der Waals surface area contributed by atoms with E-state index in [0.29, 0.717) is 24.0 Å². The van der Waals surface area contributed by atoms with Gasteiger partial charge in [0.1, 0.15) is 0 Å². The van der Waals surface area contributed by atoms with Gasteiger partial charge < -0.3 is 4.90 Å². The van der Waals surface area contributed by atoms with Crippen molar-refractivity contribution in [2.24, 2.45) is 0 Å². The minimum Gasteiger partial charge on any atom is -0.340 e. The van der Waals surface area contributed by atoms with Gasteiger partial charge >= 0.3 is 0 Å².